The molecule has 2 rings (SSSR count). The molecule has 1 saturated heterocycles. The van der Waals surface area contributed by atoms with Crippen LogP contribution in [0.3, 0.4) is 0 Å². The van der Waals surface area contributed by atoms with Gasteiger partial charge >= 0.3 is 6.61 Å². The molecule has 6 heteroatoms. The molecule has 4 nitrogen and oxygen atoms in total. The third kappa shape index (κ3) is 3.64. The number of benzene rings is 1. The Morgan fingerprint density at radius 3 is 2.63 bits per heavy atom. The van der Waals surface area contributed by atoms with E-state index in [1.165, 1.54) is 24.3 Å². The van der Waals surface area contributed by atoms with E-state index in [1.807, 2.05) is 0 Å². The van der Waals surface area contributed by atoms with Crippen LogP contribution >= 0.6 is 0 Å². The molecule has 1 aliphatic heterocycles. The highest BCUT2D eigenvalue weighted by Crippen LogP contribution is 2.18. The molecule has 1 aliphatic rings. The van der Waals surface area contributed by atoms with E-state index in [1.54, 1.807) is 4.90 Å². The molecule has 1 atom stereocenters. The second-order valence-corrected chi connectivity index (χ2v) is 4.45. The number of hydrogen-bond acceptors (Lipinski definition) is 3. The lowest BCUT2D eigenvalue weighted by molar-refractivity contribution is -0.0498. The van der Waals surface area contributed by atoms with Crippen LogP contribution in [0.2, 0.25) is 0 Å². The number of piperidine rings is 1. The Morgan fingerprint density at radius 1 is 1.37 bits per heavy atom. The van der Waals surface area contributed by atoms with E-state index >= 15 is 0 Å². The topological polar surface area (TPSA) is 49.8 Å². The van der Waals surface area contributed by atoms with Gasteiger partial charge in [-0.15, -0.1) is 0 Å². The van der Waals surface area contributed by atoms with Crippen molar-refractivity contribution in [3.05, 3.63) is 29.8 Å². The molecule has 1 amide bonds. The van der Waals surface area contributed by atoms with Crippen LogP contribution in [0.25, 0.3) is 0 Å². The van der Waals surface area contributed by atoms with E-state index in [2.05, 4.69) is 4.74 Å². The molecule has 0 aliphatic carbocycles. The number of rotatable bonds is 3. The number of hydrogen-bond donors (Lipinski definition) is 1. The zero-order valence-corrected chi connectivity index (χ0v) is 10.3. The number of alkyl halides is 2. The summed E-state index contributed by atoms with van der Waals surface area (Å²) < 4.78 is 28.2. The van der Waals surface area contributed by atoms with Crippen LogP contribution in [0.15, 0.2) is 24.3 Å². The third-order valence-electron chi connectivity index (χ3n) is 3.01. The van der Waals surface area contributed by atoms with Gasteiger partial charge in [-0.2, -0.15) is 8.78 Å². The highest BCUT2D eigenvalue weighted by molar-refractivity contribution is 5.94. The Morgan fingerprint density at radius 2 is 2.05 bits per heavy atom. The molecule has 0 aromatic heterocycles. The number of carbonyl (C=O) groups is 1. The number of likely N-dealkylation sites (tertiary alicyclic amines) is 1. The standard InChI is InChI=1S/C13H15F2NO3/c14-13(15)19-11-5-3-9(4-6-11)12(18)16-7-1-2-10(17)8-16/h3-6,10,13,17H,1-2,7-8H2. The molecule has 1 aromatic carbocycles. The highest BCUT2D eigenvalue weighted by Gasteiger charge is 2.22. The number of nitrogens with zero attached hydrogens (tertiary/aromatic N) is 1. The lowest BCUT2D eigenvalue weighted by Gasteiger charge is -2.30. The first-order chi connectivity index (χ1) is 9.06. The zero-order chi connectivity index (χ0) is 13.8. The molecular weight excluding hydrogens is 256 g/mol. The SMILES string of the molecule is O=C(c1ccc(OC(F)F)cc1)N1CCCC(O)C1. The van der Waals surface area contributed by atoms with Gasteiger partial charge in [0.15, 0.2) is 0 Å². The first kappa shape index (κ1) is 13.7. The maximum Gasteiger partial charge on any atom is 0.387 e. The van der Waals surface area contributed by atoms with Gasteiger partial charge in [-0.05, 0) is 37.1 Å². The average molecular weight is 271 g/mol. The fourth-order valence-corrected chi connectivity index (χ4v) is 2.10. The van der Waals surface area contributed by atoms with Crippen molar-refractivity contribution in [3.8, 4) is 5.75 Å². The number of β-amino-alcohol motifs (C(OH)–C–C–N with tert-alkyl or cyclic N) is 1. The van der Waals surface area contributed by atoms with Gasteiger partial charge in [0.2, 0.25) is 0 Å². The summed E-state index contributed by atoms with van der Waals surface area (Å²) >= 11 is 0. The van der Waals surface area contributed by atoms with Gasteiger partial charge in [-0.1, -0.05) is 0 Å². The summed E-state index contributed by atoms with van der Waals surface area (Å²) in [5.41, 5.74) is 0.399. The Bertz CT molecular complexity index is 436. The lowest BCUT2D eigenvalue weighted by atomic mass is 10.1. The van der Waals surface area contributed by atoms with E-state index in [0.717, 1.165) is 6.42 Å². The van der Waals surface area contributed by atoms with Crippen molar-refractivity contribution >= 4 is 5.91 Å². The fraction of sp³-hybridized carbons (Fsp3) is 0.462. The van der Waals surface area contributed by atoms with E-state index in [4.69, 9.17) is 0 Å². The number of amides is 1. The molecular formula is C13H15F2NO3. The van der Waals surface area contributed by atoms with Crippen LogP contribution in [0, 0.1) is 0 Å². The molecule has 1 heterocycles. The Balaban J connectivity index is 2.02. The lowest BCUT2D eigenvalue weighted by Crippen LogP contribution is -2.42. The third-order valence-corrected chi connectivity index (χ3v) is 3.01. The fourth-order valence-electron chi connectivity index (χ4n) is 2.10. The van der Waals surface area contributed by atoms with Gasteiger partial charge in [-0.25, -0.2) is 0 Å². The molecule has 0 radical (unpaired) electrons. The van der Waals surface area contributed by atoms with Crippen molar-refractivity contribution in [2.75, 3.05) is 13.1 Å². The molecule has 104 valence electrons. The van der Waals surface area contributed by atoms with Crippen molar-refractivity contribution in [1.29, 1.82) is 0 Å². The van der Waals surface area contributed by atoms with Crippen LogP contribution < -0.4 is 4.74 Å². The number of aliphatic hydroxyl groups excluding tert-OH is 1. The summed E-state index contributed by atoms with van der Waals surface area (Å²) in [7, 11) is 0. The van der Waals surface area contributed by atoms with Gasteiger partial charge in [0.25, 0.3) is 5.91 Å². The smallest absolute Gasteiger partial charge is 0.387 e. The summed E-state index contributed by atoms with van der Waals surface area (Å²) in [5.74, 6) is -0.187. The summed E-state index contributed by atoms with van der Waals surface area (Å²) in [4.78, 5) is 13.7. The molecule has 0 saturated carbocycles. The van der Waals surface area contributed by atoms with Crippen molar-refractivity contribution in [1.82, 2.24) is 4.90 Å². The Kier molecular flexibility index (Phi) is 4.31. The van der Waals surface area contributed by atoms with Crippen molar-refractivity contribution < 1.29 is 23.4 Å². The van der Waals surface area contributed by atoms with Crippen LogP contribution in [0.5, 0.6) is 5.75 Å². The van der Waals surface area contributed by atoms with Gasteiger partial charge in [-0.3, -0.25) is 4.79 Å². The molecule has 1 N–H and O–H groups in total. The normalized spacial score (nSPS) is 19.6. The number of halogens is 2. The first-order valence-corrected chi connectivity index (χ1v) is 6.08. The molecule has 19 heavy (non-hydrogen) atoms. The minimum absolute atomic E-state index is 0.0187. The van der Waals surface area contributed by atoms with E-state index in [-0.39, 0.29) is 11.7 Å². The largest absolute Gasteiger partial charge is 0.435 e. The first-order valence-electron chi connectivity index (χ1n) is 6.08. The van der Waals surface area contributed by atoms with Gasteiger partial charge in [0.05, 0.1) is 6.10 Å². The summed E-state index contributed by atoms with van der Waals surface area (Å²) in [6, 6.07) is 5.56. The minimum Gasteiger partial charge on any atom is -0.435 e. The van der Waals surface area contributed by atoms with Crippen molar-refractivity contribution in [2.24, 2.45) is 0 Å². The van der Waals surface area contributed by atoms with E-state index in [9.17, 15) is 18.7 Å². The molecule has 0 spiro atoms. The maximum absolute atomic E-state index is 12.1. The van der Waals surface area contributed by atoms with E-state index < -0.39 is 12.7 Å². The monoisotopic (exact) mass is 271 g/mol. The molecule has 1 unspecified atom stereocenters. The maximum atomic E-state index is 12.1. The number of aliphatic hydroxyl groups is 1. The van der Waals surface area contributed by atoms with E-state index in [0.29, 0.717) is 25.1 Å². The second kappa shape index (κ2) is 5.97. The van der Waals surface area contributed by atoms with Gasteiger partial charge in [0, 0.05) is 18.7 Å². The van der Waals surface area contributed by atoms with Crippen molar-refractivity contribution in [3.63, 3.8) is 0 Å². The Labute approximate surface area is 109 Å². The van der Waals surface area contributed by atoms with Gasteiger partial charge in [0.1, 0.15) is 5.75 Å². The Hall–Kier alpha value is -1.69. The van der Waals surface area contributed by atoms with Crippen LogP contribution in [0.1, 0.15) is 23.2 Å². The van der Waals surface area contributed by atoms with Gasteiger partial charge < -0.3 is 14.7 Å². The quantitative estimate of drug-likeness (QED) is 0.913. The summed E-state index contributed by atoms with van der Waals surface area (Å²) in [5, 5.41) is 9.52. The minimum atomic E-state index is -2.88. The number of carbonyl (C=O) groups excluding carboxylic acids is 1. The second-order valence-electron chi connectivity index (χ2n) is 4.45. The number of ether oxygens (including phenoxy) is 1. The molecule has 1 aromatic rings. The zero-order valence-electron chi connectivity index (χ0n) is 10.3. The predicted octanol–water partition coefficient (Wildman–Crippen LogP) is 1.88. The van der Waals surface area contributed by atoms with Crippen molar-refractivity contribution in [2.45, 2.75) is 25.6 Å². The molecule has 1 fully saturated rings. The highest BCUT2D eigenvalue weighted by atomic mass is 19.3. The average Bonchev–Trinajstić information content (AvgIpc) is 2.38. The summed E-state index contributed by atoms with van der Waals surface area (Å²) in [6.45, 7) is -1.96. The van der Waals surface area contributed by atoms with Crippen LogP contribution in [0.4, 0.5) is 8.78 Å². The molecule has 0 bridgehead atoms. The predicted molar refractivity (Wildman–Crippen MR) is 64.2 cm³/mol. The van der Waals surface area contributed by atoms with Crippen LogP contribution in [-0.2, 0) is 0 Å². The summed E-state index contributed by atoms with van der Waals surface area (Å²) in [6.07, 6.45) is 0.976. The van der Waals surface area contributed by atoms with Crippen LogP contribution in [-0.4, -0.2) is 41.7 Å².